The summed E-state index contributed by atoms with van der Waals surface area (Å²) in [4.78, 5) is 16.2. The van der Waals surface area contributed by atoms with E-state index in [1.807, 2.05) is 18.2 Å². The van der Waals surface area contributed by atoms with E-state index in [9.17, 15) is 4.79 Å². The van der Waals surface area contributed by atoms with Crippen molar-refractivity contribution >= 4 is 27.5 Å². The van der Waals surface area contributed by atoms with Gasteiger partial charge in [0, 0.05) is 5.92 Å². The van der Waals surface area contributed by atoms with Crippen molar-refractivity contribution in [2.24, 2.45) is 11.8 Å². The zero-order valence-electron chi connectivity index (χ0n) is 9.64. The Morgan fingerprint density at radius 3 is 3.00 bits per heavy atom. The maximum Gasteiger partial charge on any atom is 0.223 e. The molecule has 88 valence electrons. The van der Waals surface area contributed by atoms with Gasteiger partial charge in [0.05, 0.1) is 16.8 Å². The monoisotopic (exact) mass is 246 g/mol. The highest BCUT2D eigenvalue weighted by molar-refractivity contribution is 7.18. The predicted octanol–water partition coefficient (Wildman–Crippen LogP) is 2.57. The van der Waals surface area contributed by atoms with Crippen molar-refractivity contribution in [1.29, 1.82) is 0 Å². The second kappa shape index (κ2) is 4.11. The van der Waals surface area contributed by atoms with Crippen molar-refractivity contribution < 1.29 is 4.79 Å². The highest BCUT2D eigenvalue weighted by Gasteiger charge is 2.38. The van der Waals surface area contributed by atoms with Gasteiger partial charge in [-0.1, -0.05) is 19.1 Å². The van der Waals surface area contributed by atoms with E-state index in [0.717, 1.165) is 16.9 Å². The molecule has 2 atom stereocenters. The number of carbonyl (C=O) groups excluding carboxylic acids is 1. The molecule has 4 heteroatoms. The highest BCUT2D eigenvalue weighted by Crippen LogP contribution is 2.37. The SMILES string of the molecule is C[C@@H]1C[C@H]1C(=O)NCc1nc2ccccc2s1. The van der Waals surface area contributed by atoms with Crippen LogP contribution in [0.25, 0.3) is 10.2 Å². The van der Waals surface area contributed by atoms with Gasteiger partial charge in [0.15, 0.2) is 0 Å². The first-order valence-electron chi connectivity index (χ1n) is 5.86. The van der Waals surface area contributed by atoms with Gasteiger partial charge < -0.3 is 5.32 Å². The van der Waals surface area contributed by atoms with Crippen molar-refractivity contribution in [3.63, 3.8) is 0 Å². The first-order valence-corrected chi connectivity index (χ1v) is 6.68. The summed E-state index contributed by atoms with van der Waals surface area (Å²) in [5, 5.41) is 3.94. The quantitative estimate of drug-likeness (QED) is 0.904. The van der Waals surface area contributed by atoms with Gasteiger partial charge in [-0.15, -0.1) is 11.3 Å². The van der Waals surface area contributed by atoms with Crippen molar-refractivity contribution in [3.8, 4) is 0 Å². The van der Waals surface area contributed by atoms with Crippen LogP contribution in [0.1, 0.15) is 18.4 Å². The van der Waals surface area contributed by atoms with E-state index in [-0.39, 0.29) is 11.8 Å². The molecule has 0 spiro atoms. The van der Waals surface area contributed by atoms with E-state index in [2.05, 4.69) is 23.3 Å². The number of hydrogen-bond acceptors (Lipinski definition) is 3. The Morgan fingerprint density at radius 1 is 1.53 bits per heavy atom. The number of hydrogen-bond donors (Lipinski definition) is 1. The van der Waals surface area contributed by atoms with Crippen LogP contribution in [0.4, 0.5) is 0 Å². The lowest BCUT2D eigenvalue weighted by Crippen LogP contribution is -2.24. The summed E-state index contributed by atoms with van der Waals surface area (Å²) in [5.41, 5.74) is 1.02. The van der Waals surface area contributed by atoms with Gasteiger partial charge in [0.2, 0.25) is 5.91 Å². The number of fused-ring (bicyclic) bond motifs is 1. The number of carbonyl (C=O) groups is 1. The maximum atomic E-state index is 11.7. The fourth-order valence-corrected chi connectivity index (χ4v) is 2.88. The molecule has 1 aromatic heterocycles. The van der Waals surface area contributed by atoms with Crippen molar-refractivity contribution in [2.45, 2.75) is 19.9 Å². The average Bonchev–Trinajstić information content (AvgIpc) is 2.92. The molecule has 17 heavy (non-hydrogen) atoms. The lowest BCUT2D eigenvalue weighted by Gasteiger charge is -2.00. The second-order valence-electron chi connectivity index (χ2n) is 4.61. The fraction of sp³-hybridized carbons (Fsp3) is 0.385. The van der Waals surface area contributed by atoms with E-state index < -0.39 is 0 Å². The molecular weight excluding hydrogens is 232 g/mol. The zero-order valence-corrected chi connectivity index (χ0v) is 10.5. The molecule has 1 amide bonds. The Morgan fingerprint density at radius 2 is 2.29 bits per heavy atom. The van der Waals surface area contributed by atoms with Crippen LogP contribution in [0, 0.1) is 11.8 Å². The van der Waals surface area contributed by atoms with Crippen molar-refractivity contribution in [1.82, 2.24) is 10.3 Å². The average molecular weight is 246 g/mol. The Kier molecular flexibility index (Phi) is 2.59. The van der Waals surface area contributed by atoms with Gasteiger partial charge in [0.1, 0.15) is 5.01 Å². The molecule has 0 unspecified atom stereocenters. The molecule has 1 N–H and O–H groups in total. The zero-order chi connectivity index (χ0) is 11.8. The number of amides is 1. The van der Waals surface area contributed by atoms with Gasteiger partial charge in [-0.25, -0.2) is 4.98 Å². The fourth-order valence-electron chi connectivity index (χ4n) is 1.98. The topological polar surface area (TPSA) is 42.0 Å². The number of para-hydroxylation sites is 1. The molecule has 0 saturated heterocycles. The number of thiazole rings is 1. The molecule has 3 nitrogen and oxygen atoms in total. The Balaban J connectivity index is 1.66. The lowest BCUT2D eigenvalue weighted by atomic mass is 10.3. The molecule has 2 aromatic rings. The van der Waals surface area contributed by atoms with Crippen LogP contribution >= 0.6 is 11.3 Å². The van der Waals surface area contributed by atoms with E-state index in [0.29, 0.717) is 12.5 Å². The Bertz CT molecular complexity index is 530. The minimum absolute atomic E-state index is 0.178. The minimum atomic E-state index is 0.178. The smallest absolute Gasteiger partial charge is 0.223 e. The molecule has 1 fully saturated rings. The number of nitrogens with one attached hydrogen (secondary N) is 1. The number of rotatable bonds is 3. The van der Waals surface area contributed by atoms with Crippen molar-refractivity contribution in [2.75, 3.05) is 0 Å². The van der Waals surface area contributed by atoms with Crippen molar-refractivity contribution in [3.05, 3.63) is 29.3 Å². The molecule has 3 rings (SSSR count). The summed E-state index contributed by atoms with van der Waals surface area (Å²) < 4.78 is 1.18. The first kappa shape index (κ1) is 10.7. The molecule has 1 aliphatic rings. The number of aromatic nitrogens is 1. The molecule has 0 radical (unpaired) electrons. The Hall–Kier alpha value is -1.42. The molecule has 1 aliphatic carbocycles. The summed E-state index contributed by atoms with van der Waals surface area (Å²) in [6.07, 6.45) is 1.03. The maximum absolute atomic E-state index is 11.7. The summed E-state index contributed by atoms with van der Waals surface area (Å²) in [7, 11) is 0. The first-order chi connectivity index (χ1) is 8.24. The van der Waals surface area contributed by atoms with Gasteiger partial charge in [-0.3, -0.25) is 4.79 Å². The highest BCUT2D eigenvalue weighted by atomic mass is 32.1. The van der Waals surface area contributed by atoms with Crippen LogP contribution in [0.5, 0.6) is 0 Å². The second-order valence-corrected chi connectivity index (χ2v) is 5.73. The third kappa shape index (κ3) is 2.17. The van der Waals surface area contributed by atoms with E-state index in [4.69, 9.17) is 0 Å². The summed E-state index contributed by atoms with van der Waals surface area (Å²) >= 11 is 1.65. The normalized spacial score (nSPS) is 22.6. The summed E-state index contributed by atoms with van der Waals surface area (Å²) in [5.74, 6) is 0.978. The Labute approximate surface area is 104 Å². The molecule has 1 heterocycles. The molecule has 1 saturated carbocycles. The van der Waals surface area contributed by atoms with Crippen LogP contribution in [0.3, 0.4) is 0 Å². The predicted molar refractivity (Wildman–Crippen MR) is 68.7 cm³/mol. The summed E-state index contributed by atoms with van der Waals surface area (Å²) in [6.45, 7) is 2.67. The van der Waals surface area contributed by atoms with Crippen LogP contribution in [0.2, 0.25) is 0 Å². The van der Waals surface area contributed by atoms with E-state index in [1.165, 1.54) is 4.70 Å². The van der Waals surface area contributed by atoms with E-state index in [1.54, 1.807) is 11.3 Å². The molecule has 0 bridgehead atoms. The van der Waals surface area contributed by atoms with Crippen LogP contribution < -0.4 is 5.32 Å². The lowest BCUT2D eigenvalue weighted by molar-refractivity contribution is -0.122. The number of benzene rings is 1. The molecule has 0 aliphatic heterocycles. The minimum Gasteiger partial charge on any atom is -0.349 e. The van der Waals surface area contributed by atoms with E-state index >= 15 is 0 Å². The van der Waals surface area contributed by atoms with Gasteiger partial charge in [0.25, 0.3) is 0 Å². The number of nitrogens with zero attached hydrogens (tertiary/aromatic N) is 1. The van der Waals surface area contributed by atoms with Gasteiger partial charge >= 0.3 is 0 Å². The standard InChI is InChI=1S/C13H14N2OS/c1-8-6-9(8)13(16)14-7-12-15-10-4-2-3-5-11(10)17-12/h2-5,8-9H,6-7H2,1H3,(H,14,16)/t8-,9-/m1/s1. The van der Waals surface area contributed by atoms with Crippen LogP contribution in [-0.2, 0) is 11.3 Å². The van der Waals surface area contributed by atoms with Gasteiger partial charge in [-0.05, 0) is 24.5 Å². The third-order valence-electron chi connectivity index (χ3n) is 3.20. The van der Waals surface area contributed by atoms with Gasteiger partial charge in [-0.2, -0.15) is 0 Å². The molecule has 1 aromatic carbocycles. The van der Waals surface area contributed by atoms with Crippen LogP contribution in [-0.4, -0.2) is 10.9 Å². The molecular formula is C13H14N2OS. The third-order valence-corrected chi connectivity index (χ3v) is 4.23. The largest absolute Gasteiger partial charge is 0.349 e. The summed E-state index contributed by atoms with van der Waals surface area (Å²) in [6, 6.07) is 8.05. The van der Waals surface area contributed by atoms with Crippen LogP contribution in [0.15, 0.2) is 24.3 Å².